The van der Waals surface area contributed by atoms with E-state index in [1.807, 2.05) is 12.1 Å². The molecular weight excluding hydrogens is 254 g/mol. The van der Waals surface area contributed by atoms with E-state index in [1.165, 1.54) is 0 Å². The Bertz CT molecular complexity index is 544. The average Bonchev–Trinajstić information content (AvgIpc) is 2.39. The molecule has 5 heteroatoms. The van der Waals surface area contributed by atoms with Crippen LogP contribution < -0.4 is 20.7 Å². The van der Waals surface area contributed by atoms with Gasteiger partial charge < -0.3 is 20.7 Å². The smallest absolute Gasteiger partial charge is 0.262 e. The Morgan fingerprint density at radius 3 is 2.70 bits per heavy atom. The standard InChI is InChI=1S/C15H21N3O2/c1-15(2)3-5-18(6-4-15)12-8-11-13(7-10(12)16)20-9-14(19)17-11/h7-8H,3-6,9,16H2,1-2H3,(H,17,19). The molecule has 0 aromatic heterocycles. The predicted octanol–water partition coefficient (Wildman–Crippen LogP) is 2.23. The lowest BCUT2D eigenvalue weighted by atomic mass is 9.82. The number of piperidine rings is 1. The van der Waals surface area contributed by atoms with E-state index in [0.29, 0.717) is 16.9 Å². The lowest BCUT2D eigenvalue weighted by Gasteiger charge is -2.39. The highest BCUT2D eigenvalue weighted by Crippen LogP contribution is 2.39. The highest BCUT2D eigenvalue weighted by atomic mass is 16.5. The average molecular weight is 275 g/mol. The van der Waals surface area contributed by atoms with E-state index in [0.717, 1.165) is 37.3 Å². The number of rotatable bonds is 1. The van der Waals surface area contributed by atoms with E-state index < -0.39 is 0 Å². The van der Waals surface area contributed by atoms with E-state index in [4.69, 9.17) is 10.5 Å². The van der Waals surface area contributed by atoms with E-state index in [9.17, 15) is 4.79 Å². The van der Waals surface area contributed by atoms with E-state index in [1.54, 1.807) is 0 Å². The van der Waals surface area contributed by atoms with Gasteiger partial charge in [0.1, 0.15) is 5.75 Å². The first-order chi connectivity index (χ1) is 9.44. The molecule has 1 saturated heterocycles. The first kappa shape index (κ1) is 13.1. The van der Waals surface area contributed by atoms with Crippen LogP contribution in [0.5, 0.6) is 5.75 Å². The number of nitrogen functional groups attached to an aromatic ring is 1. The molecule has 2 aliphatic rings. The van der Waals surface area contributed by atoms with E-state index in [2.05, 4.69) is 24.1 Å². The van der Waals surface area contributed by atoms with E-state index in [-0.39, 0.29) is 12.5 Å². The molecule has 0 aliphatic carbocycles. The Kier molecular flexibility index (Phi) is 3.00. The molecule has 20 heavy (non-hydrogen) atoms. The molecule has 0 radical (unpaired) electrons. The molecule has 5 nitrogen and oxygen atoms in total. The van der Waals surface area contributed by atoms with Crippen molar-refractivity contribution in [1.29, 1.82) is 0 Å². The van der Waals surface area contributed by atoms with Crippen LogP contribution in [0.3, 0.4) is 0 Å². The molecule has 2 aliphatic heterocycles. The van der Waals surface area contributed by atoms with E-state index >= 15 is 0 Å². The zero-order valence-electron chi connectivity index (χ0n) is 12.0. The van der Waals surface area contributed by atoms with Gasteiger partial charge in [-0.3, -0.25) is 4.79 Å². The van der Waals surface area contributed by atoms with Crippen LogP contribution in [-0.4, -0.2) is 25.6 Å². The molecule has 1 aromatic rings. The van der Waals surface area contributed by atoms with Gasteiger partial charge in [-0.25, -0.2) is 0 Å². The van der Waals surface area contributed by atoms with Crippen LogP contribution in [0.2, 0.25) is 0 Å². The molecule has 1 fully saturated rings. The summed E-state index contributed by atoms with van der Waals surface area (Å²) in [6, 6.07) is 3.74. The summed E-state index contributed by atoms with van der Waals surface area (Å²) in [5.74, 6) is 0.538. The molecule has 3 N–H and O–H groups in total. The Morgan fingerprint density at radius 1 is 1.30 bits per heavy atom. The Morgan fingerprint density at radius 2 is 2.00 bits per heavy atom. The third-order valence-corrected chi connectivity index (χ3v) is 4.22. The monoisotopic (exact) mass is 275 g/mol. The fourth-order valence-electron chi connectivity index (χ4n) is 2.76. The van der Waals surface area contributed by atoms with Gasteiger partial charge in [-0.1, -0.05) is 13.8 Å². The number of anilines is 3. The van der Waals surface area contributed by atoms with Gasteiger partial charge in [0.05, 0.1) is 17.1 Å². The number of hydrogen-bond acceptors (Lipinski definition) is 4. The fraction of sp³-hybridized carbons (Fsp3) is 0.533. The number of nitrogens with two attached hydrogens (primary N) is 1. The number of fused-ring (bicyclic) bond motifs is 1. The maximum atomic E-state index is 11.4. The number of benzene rings is 1. The lowest BCUT2D eigenvalue weighted by Crippen LogP contribution is -2.37. The number of nitrogens with zero attached hydrogens (tertiary/aromatic N) is 1. The first-order valence-electron chi connectivity index (χ1n) is 7.06. The van der Waals surface area contributed by atoms with Crippen LogP contribution in [0.1, 0.15) is 26.7 Å². The third-order valence-electron chi connectivity index (χ3n) is 4.22. The number of nitrogens with one attached hydrogen (secondary N) is 1. The summed E-state index contributed by atoms with van der Waals surface area (Å²) in [4.78, 5) is 13.7. The minimum Gasteiger partial charge on any atom is -0.482 e. The van der Waals surface area contributed by atoms with Crippen molar-refractivity contribution in [2.75, 3.05) is 35.6 Å². The highest BCUT2D eigenvalue weighted by Gasteiger charge is 2.27. The van der Waals surface area contributed by atoms with Crippen molar-refractivity contribution in [3.8, 4) is 5.75 Å². The zero-order valence-corrected chi connectivity index (χ0v) is 12.0. The number of carbonyl (C=O) groups is 1. The van der Waals surface area contributed by atoms with Gasteiger partial charge in [0.2, 0.25) is 0 Å². The molecule has 0 spiro atoms. The summed E-state index contributed by atoms with van der Waals surface area (Å²) < 4.78 is 5.38. The van der Waals surface area contributed by atoms with Gasteiger partial charge in [0, 0.05) is 19.2 Å². The van der Waals surface area contributed by atoms with Gasteiger partial charge in [-0.05, 0) is 24.3 Å². The van der Waals surface area contributed by atoms with Crippen molar-refractivity contribution in [3.05, 3.63) is 12.1 Å². The number of ether oxygens (including phenoxy) is 1. The zero-order chi connectivity index (χ0) is 14.3. The summed E-state index contributed by atoms with van der Waals surface area (Å²) in [7, 11) is 0. The largest absolute Gasteiger partial charge is 0.482 e. The van der Waals surface area contributed by atoms with Crippen molar-refractivity contribution in [2.45, 2.75) is 26.7 Å². The maximum absolute atomic E-state index is 11.4. The molecule has 0 bridgehead atoms. The molecule has 1 amide bonds. The molecule has 2 heterocycles. The Hall–Kier alpha value is -1.91. The number of hydrogen-bond donors (Lipinski definition) is 2. The van der Waals surface area contributed by atoms with Crippen LogP contribution in [-0.2, 0) is 4.79 Å². The maximum Gasteiger partial charge on any atom is 0.262 e. The summed E-state index contributed by atoms with van der Waals surface area (Å²) >= 11 is 0. The quantitative estimate of drug-likeness (QED) is 0.771. The fourth-order valence-corrected chi connectivity index (χ4v) is 2.76. The third kappa shape index (κ3) is 2.40. The minimum absolute atomic E-state index is 0.0592. The Labute approximate surface area is 119 Å². The van der Waals surface area contributed by atoms with Crippen molar-refractivity contribution < 1.29 is 9.53 Å². The van der Waals surface area contributed by atoms with Gasteiger partial charge in [0.25, 0.3) is 5.91 Å². The normalized spacial score (nSPS) is 20.9. The van der Waals surface area contributed by atoms with Gasteiger partial charge in [-0.15, -0.1) is 0 Å². The summed E-state index contributed by atoms with van der Waals surface area (Å²) in [5.41, 5.74) is 8.96. The van der Waals surface area contributed by atoms with Crippen LogP contribution in [0.25, 0.3) is 0 Å². The van der Waals surface area contributed by atoms with Crippen LogP contribution >= 0.6 is 0 Å². The number of carbonyl (C=O) groups excluding carboxylic acids is 1. The van der Waals surface area contributed by atoms with Crippen molar-refractivity contribution >= 4 is 23.0 Å². The topological polar surface area (TPSA) is 67.6 Å². The van der Waals surface area contributed by atoms with Crippen molar-refractivity contribution in [1.82, 2.24) is 0 Å². The summed E-state index contributed by atoms with van der Waals surface area (Å²) in [6.07, 6.45) is 2.29. The summed E-state index contributed by atoms with van der Waals surface area (Å²) in [5, 5.41) is 2.84. The number of amides is 1. The molecule has 1 aromatic carbocycles. The summed E-state index contributed by atoms with van der Waals surface area (Å²) in [6.45, 7) is 6.64. The molecule has 0 unspecified atom stereocenters. The van der Waals surface area contributed by atoms with Crippen molar-refractivity contribution in [2.24, 2.45) is 5.41 Å². The van der Waals surface area contributed by atoms with Gasteiger partial charge in [-0.2, -0.15) is 0 Å². The van der Waals surface area contributed by atoms with Gasteiger partial charge in [0.15, 0.2) is 6.61 Å². The molecule has 0 atom stereocenters. The second kappa shape index (κ2) is 4.58. The second-order valence-corrected chi connectivity index (χ2v) is 6.40. The van der Waals surface area contributed by atoms with Gasteiger partial charge >= 0.3 is 0 Å². The minimum atomic E-state index is -0.118. The highest BCUT2D eigenvalue weighted by molar-refractivity contribution is 5.97. The molecule has 0 saturated carbocycles. The van der Waals surface area contributed by atoms with Crippen LogP contribution in [0.15, 0.2) is 12.1 Å². The predicted molar refractivity (Wildman–Crippen MR) is 80.2 cm³/mol. The molecule has 3 rings (SSSR count). The lowest BCUT2D eigenvalue weighted by molar-refractivity contribution is -0.118. The SMILES string of the molecule is CC1(C)CCN(c2cc3c(cc2N)OCC(=O)N3)CC1. The first-order valence-corrected chi connectivity index (χ1v) is 7.06. The van der Waals surface area contributed by atoms with Crippen LogP contribution in [0.4, 0.5) is 17.1 Å². The van der Waals surface area contributed by atoms with Crippen LogP contribution in [0, 0.1) is 5.41 Å². The second-order valence-electron chi connectivity index (χ2n) is 6.40. The Balaban J connectivity index is 1.87. The molecular formula is C15H21N3O2. The van der Waals surface area contributed by atoms with Crippen molar-refractivity contribution in [3.63, 3.8) is 0 Å². The molecule has 108 valence electrons.